The standard InChI is InChI=1S/C14H13BrClN/c15-14-4-2-1-3-12(14)10-17-9-11-5-7-13(16)8-6-11/h1-8,17H,9-10H2. The lowest BCUT2D eigenvalue weighted by Gasteiger charge is -2.07. The summed E-state index contributed by atoms with van der Waals surface area (Å²) in [6.07, 6.45) is 0. The second-order valence-electron chi connectivity index (χ2n) is 3.82. The van der Waals surface area contributed by atoms with Crippen molar-refractivity contribution >= 4 is 27.5 Å². The molecule has 88 valence electrons. The van der Waals surface area contributed by atoms with E-state index in [0.29, 0.717) is 0 Å². The minimum absolute atomic E-state index is 0.777. The van der Waals surface area contributed by atoms with E-state index in [2.05, 4.69) is 33.4 Å². The van der Waals surface area contributed by atoms with Crippen LogP contribution in [0.25, 0.3) is 0 Å². The van der Waals surface area contributed by atoms with Crippen LogP contribution in [0.15, 0.2) is 53.0 Å². The van der Waals surface area contributed by atoms with E-state index in [9.17, 15) is 0 Å². The number of nitrogens with one attached hydrogen (secondary N) is 1. The molecule has 0 bridgehead atoms. The summed E-state index contributed by atoms with van der Waals surface area (Å²) in [7, 11) is 0. The summed E-state index contributed by atoms with van der Waals surface area (Å²) in [5.41, 5.74) is 2.50. The molecule has 0 amide bonds. The Morgan fingerprint density at radius 2 is 1.65 bits per heavy atom. The molecule has 0 aromatic heterocycles. The van der Waals surface area contributed by atoms with Gasteiger partial charge in [-0.05, 0) is 29.3 Å². The summed E-state index contributed by atoms with van der Waals surface area (Å²) >= 11 is 9.37. The van der Waals surface area contributed by atoms with Gasteiger partial charge in [0.05, 0.1) is 0 Å². The van der Waals surface area contributed by atoms with Crippen molar-refractivity contribution in [2.45, 2.75) is 13.1 Å². The topological polar surface area (TPSA) is 12.0 Å². The largest absolute Gasteiger partial charge is 0.309 e. The molecule has 0 saturated heterocycles. The third-order valence-electron chi connectivity index (χ3n) is 2.52. The van der Waals surface area contributed by atoms with Gasteiger partial charge in [-0.3, -0.25) is 0 Å². The van der Waals surface area contributed by atoms with Gasteiger partial charge in [0.2, 0.25) is 0 Å². The molecule has 0 spiro atoms. The van der Waals surface area contributed by atoms with Crippen molar-refractivity contribution in [2.75, 3.05) is 0 Å². The third-order valence-corrected chi connectivity index (χ3v) is 3.54. The number of hydrogen-bond acceptors (Lipinski definition) is 1. The lowest BCUT2D eigenvalue weighted by atomic mass is 10.2. The summed E-state index contributed by atoms with van der Waals surface area (Å²) in [6.45, 7) is 1.70. The average Bonchev–Trinajstić information content (AvgIpc) is 2.34. The fraction of sp³-hybridized carbons (Fsp3) is 0.143. The molecule has 0 heterocycles. The number of rotatable bonds is 4. The molecule has 0 unspecified atom stereocenters. The van der Waals surface area contributed by atoms with Crippen LogP contribution in [-0.4, -0.2) is 0 Å². The Bertz CT molecular complexity index is 482. The first-order chi connectivity index (χ1) is 8.25. The van der Waals surface area contributed by atoms with Gasteiger partial charge in [-0.2, -0.15) is 0 Å². The number of benzene rings is 2. The quantitative estimate of drug-likeness (QED) is 0.883. The highest BCUT2D eigenvalue weighted by atomic mass is 79.9. The molecule has 1 nitrogen and oxygen atoms in total. The lowest BCUT2D eigenvalue weighted by molar-refractivity contribution is 0.691. The molecule has 0 aliphatic carbocycles. The maximum Gasteiger partial charge on any atom is 0.0406 e. The molecule has 1 N–H and O–H groups in total. The summed E-state index contributed by atoms with van der Waals surface area (Å²) in [6, 6.07) is 16.1. The zero-order chi connectivity index (χ0) is 12.1. The average molecular weight is 311 g/mol. The van der Waals surface area contributed by atoms with E-state index in [1.807, 2.05) is 36.4 Å². The minimum atomic E-state index is 0.777. The van der Waals surface area contributed by atoms with Crippen LogP contribution in [0.3, 0.4) is 0 Å². The highest BCUT2D eigenvalue weighted by Crippen LogP contribution is 2.15. The van der Waals surface area contributed by atoms with E-state index < -0.39 is 0 Å². The first-order valence-corrected chi connectivity index (χ1v) is 6.61. The van der Waals surface area contributed by atoms with E-state index in [1.165, 1.54) is 11.1 Å². The molecule has 0 atom stereocenters. The molecule has 0 fully saturated rings. The van der Waals surface area contributed by atoms with Crippen molar-refractivity contribution in [2.24, 2.45) is 0 Å². The number of halogens is 2. The molecule has 0 aliphatic rings. The first kappa shape index (κ1) is 12.6. The number of hydrogen-bond donors (Lipinski definition) is 1. The molecular formula is C14H13BrClN. The smallest absolute Gasteiger partial charge is 0.0406 e. The van der Waals surface area contributed by atoms with E-state index >= 15 is 0 Å². The SMILES string of the molecule is Clc1ccc(CNCc2ccccc2Br)cc1. The Kier molecular flexibility index (Phi) is 4.60. The molecule has 3 heteroatoms. The minimum Gasteiger partial charge on any atom is -0.309 e. The van der Waals surface area contributed by atoms with Crippen LogP contribution in [0, 0.1) is 0 Å². The summed E-state index contributed by atoms with van der Waals surface area (Å²) < 4.78 is 1.14. The Labute approximate surface area is 115 Å². The lowest BCUT2D eigenvalue weighted by Crippen LogP contribution is -2.12. The maximum absolute atomic E-state index is 5.84. The van der Waals surface area contributed by atoms with Crippen molar-refractivity contribution in [3.63, 3.8) is 0 Å². The predicted octanol–water partition coefficient (Wildman–Crippen LogP) is 4.39. The Hall–Kier alpha value is -0.830. The molecule has 17 heavy (non-hydrogen) atoms. The molecular weight excluding hydrogens is 298 g/mol. The fourth-order valence-electron chi connectivity index (χ4n) is 1.59. The van der Waals surface area contributed by atoms with Crippen molar-refractivity contribution in [1.29, 1.82) is 0 Å². The van der Waals surface area contributed by atoms with E-state index in [0.717, 1.165) is 22.6 Å². The molecule has 2 rings (SSSR count). The zero-order valence-electron chi connectivity index (χ0n) is 9.29. The van der Waals surface area contributed by atoms with Crippen LogP contribution in [0.2, 0.25) is 5.02 Å². The fourth-order valence-corrected chi connectivity index (χ4v) is 2.14. The summed E-state index contributed by atoms with van der Waals surface area (Å²) in [4.78, 5) is 0. The first-order valence-electron chi connectivity index (χ1n) is 5.44. The molecule has 0 radical (unpaired) electrons. The van der Waals surface area contributed by atoms with E-state index in [-0.39, 0.29) is 0 Å². The normalized spacial score (nSPS) is 10.5. The van der Waals surface area contributed by atoms with Gasteiger partial charge in [0.25, 0.3) is 0 Å². The third kappa shape index (κ3) is 3.84. The highest BCUT2D eigenvalue weighted by Gasteiger charge is 1.98. The van der Waals surface area contributed by atoms with Crippen LogP contribution in [0.1, 0.15) is 11.1 Å². The van der Waals surface area contributed by atoms with Gasteiger partial charge in [0.1, 0.15) is 0 Å². The zero-order valence-corrected chi connectivity index (χ0v) is 11.6. The second kappa shape index (κ2) is 6.20. The Morgan fingerprint density at radius 3 is 2.35 bits per heavy atom. The van der Waals surface area contributed by atoms with Gasteiger partial charge in [0, 0.05) is 22.6 Å². The summed E-state index contributed by atoms with van der Waals surface area (Å²) in [5.74, 6) is 0. The van der Waals surface area contributed by atoms with Gasteiger partial charge in [-0.1, -0.05) is 57.9 Å². The van der Waals surface area contributed by atoms with Crippen LogP contribution in [0.5, 0.6) is 0 Å². The predicted molar refractivity (Wildman–Crippen MR) is 76.1 cm³/mol. The van der Waals surface area contributed by atoms with Crippen LogP contribution in [0.4, 0.5) is 0 Å². The van der Waals surface area contributed by atoms with Crippen LogP contribution >= 0.6 is 27.5 Å². The maximum atomic E-state index is 5.84. The van der Waals surface area contributed by atoms with Gasteiger partial charge in [0.15, 0.2) is 0 Å². The van der Waals surface area contributed by atoms with Crippen molar-refractivity contribution in [1.82, 2.24) is 5.32 Å². The molecule has 2 aromatic rings. The van der Waals surface area contributed by atoms with E-state index in [1.54, 1.807) is 0 Å². The second-order valence-corrected chi connectivity index (χ2v) is 5.11. The van der Waals surface area contributed by atoms with Gasteiger partial charge in [-0.25, -0.2) is 0 Å². The monoisotopic (exact) mass is 309 g/mol. The van der Waals surface area contributed by atoms with Gasteiger partial charge >= 0.3 is 0 Å². The van der Waals surface area contributed by atoms with Crippen molar-refractivity contribution in [3.8, 4) is 0 Å². The Balaban J connectivity index is 1.88. The Morgan fingerprint density at radius 1 is 0.941 bits per heavy atom. The highest BCUT2D eigenvalue weighted by molar-refractivity contribution is 9.10. The molecule has 2 aromatic carbocycles. The van der Waals surface area contributed by atoms with Gasteiger partial charge in [-0.15, -0.1) is 0 Å². The molecule has 0 saturated carbocycles. The van der Waals surface area contributed by atoms with Crippen LogP contribution in [-0.2, 0) is 13.1 Å². The summed E-state index contributed by atoms with van der Waals surface area (Å²) in [5, 5.41) is 4.18. The molecule has 0 aliphatic heterocycles. The van der Waals surface area contributed by atoms with E-state index in [4.69, 9.17) is 11.6 Å². The van der Waals surface area contributed by atoms with Crippen molar-refractivity contribution in [3.05, 3.63) is 69.2 Å². The van der Waals surface area contributed by atoms with Crippen LogP contribution < -0.4 is 5.32 Å². The van der Waals surface area contributed by atoms with Gasteiger partial charge < -0.3 is 5.32 Å². The van der Waals surface area contributed by atoms with Crippen molar-refractivity contribution < 1.29 is 0 Å².